The van der Waals surface area contributed by atoms with Gasteiger partial charge in [0.05, 0.1) is 6.61 Å². The summed E-state index contributed by atoms with van der Waals surface area (Å²) in [5.41, 5.74) is -0.884. The molecule has 16 heavy (non-hydrogen) atoms. The molecule has 5 heteroatoms. The van der Waals surface area contributed by atoms with Crippen LogP contribution in [0.4, 0.5) is 13.2 Å². The molecule has 0 radical (unpaired) electrons. The summed E-state index contributed by atoms with van der Waals surface area (Å²) < 4.78 is 43.2. The SMILES string of the molecule is C=CCCOC(=O)c1c(F)cc(F)cc1F. The van der Waals surface area contributed by atoms with Crippen molar-refractivity contribution in [3.8, 4) is 0 Å². The average molecular weight is 230 g/mol. The first-order valence-corrected chi connectivity index (χ1v) is 4.49. The zero-order valence-corrected chi connectivity index (χ0v) is 8.30. The van der Waals surface area contributed by atoms with E-state index in [2.05, 4.69) is 11.3 Å². The Morgan fingerprint density at radius 1 is 1.31 bits per heavy atom. The van der Waals surface area contributed by atoms with Gasteiger partial charge in [-0.05, 0) is 6.42 Å². The Balaban J connectivity index is 2.86. The van der Waals surface area contributed by atoms with Gasteiger partial charge < -0.3 is 4.74 Å². The number of halogens is 3. The fourth-order valence-corrected chi connectivity index (χ4v) is 1.04. The Morgan fingerprint density at radius 3 is 2.38 bits per heavy atom. The predicted octanol–water partition coefficient (Wildman–Crippen LogP) is 2.84. The smallest absolute Gasteiger partial charge is 0.344 e. The Hall–Kier alpha value is -1.78. The van der Waals surface area contributed by atoms with Gasteiger partial charge in [0.25, 0.3) is 0 Å². The molecule has 0 amide bonds. The minimum atomic E-state index is -1.28. The highest BCUT2D eigenvalue weighted by Crippen LogP contribution is 2.15. The van der Waals surface area contributed by atoms with Gasteiger partial charge >= 0.3 is 5.97 Å². The monoisotopic (exact) mass is 230 g/mol. The van der Waals surface area contributed by atoms with Crippen LogP contribution in [0.3, 0.4) is 0 Å². The van der Waals surface area contributed by atoms with E-state index in [1.54, 1.807) is 0 Å². The fraction of sp³-hybridized carbons (Fsp3) is 0.182. The van der Waals surface area contributed by atoms with Crippen LogP contribution in [0.5, 0.6) is 0 Å². The maximum atomic E-state index is 13.1. The molecule has 0 aliphatic rings. The highest BCUT2D eigenvalue weighted by Gasteiger charge is 2.19. The van der Waals surface area contributed by atoms with Gasteiger partial charge in [0, 0.05) is 12.1 Å². The molecule has 0 aliphatic carbocycles. The van der Waals surface area contributed by atoms with E-state index in [4.69, 9.17) is 0 Å². The van der Waals surface area contributed by atoms with Gasteiger partial charge in [0.2, 0.25) is 0 Å². The van der Waals surface area contributed by atoms with Gasteiger partial charge in [-0.25, -0.2) is 18.0 Å². The third-order valence-corrected chi connectivity index (χ3v) is 1.77. The lowest BCUT2D eigenvalue weighted by Crippen LogP contribution is -2.11. The second kappa shape index (κ2) is 5.34. The second-order valence-electron chi connectivity index (χ2n) is 2.96. The Labute approximate surface area is 90.3 Å². The molecule has 0 fully saturated rings. The second-order valence-corrected chi connectivity index (χ2v) is 2.96. The van der Waals surface area contributed by atoms with E-state index in [1.807, 2.05) is 0 Å². The molecule has 1 aromatic carbocycles. The number of benzene rings is 1. The van der Waals surface area contributed by atoms with Crippen molar-refractivity contribution < 1.29 is 22.7 Å². The summed E-state index contributed by atoms with van der Waals surface area (Å²) >= 11 is 0. The zero-order valence-electron chi connectivity index (χ0n) is 8.30. The molecule has 0 saturated heterocycles. The number of hydrogen-bond acceptors (Lipinski definition) is 2. The standard InChI is InChI=1S/C11H9F3O2/c1-2-3-4-16-11(15)10-8(13)5-7(12)6-9(10)14/h2,5-6H,1,3-4H2. The summed E-state index contributed by atoms with van der Waals surface area (Å²) in [5.74, 6) is -4.79. The topological polar surface area (TPSA) is 26.3 Å². The van der Waals surface area contributed by atoms with Crippen molar-refractivity contribution in [2.75, 3.05) is 6.61 Å². The lowest BCUT2D eigenvalue weighted by molar-refractivity contribution is 0.0500. The summed E-state index contributed by atoms with van der Waals surface area (Å²) in [7, 11) is 0. The molecular weight excluding hydrogens is 221 g/mol. The molecule has 0 saturated carbocycles. The minimum absolute atomic E-state index is 0.0292. The third-order valence-electron chi connectivity index (χ3n) is 1.77. The molecule has 0 aromatic heterocycles. The molecule has 0 heterocycles. The molecular formula is C11H9F3O2. The van der Waals surface area contributed by atoms with Gasteiger partial charge in [-0.15, -0.1) is 6.58 Å². The van der Waals surface area contributed by atoms with Crippen molar-refractivity contribution in [3.05, 3.63) is 47.8 Å². The van der Waals surface area contributed by atoms with Crippen molar-refractivity contribution in [2.24, 2.45) is 0 Å². The molecule has 2 nitrogen and oxygen atoms in total. The summed E-state index contributed by atoms with van der Waals surface area (Å²) in [6.45, 7) is 3.36. The van der Waals surface area contributed by atoms with Crippen LogP contribution >= 0.6 is 0 Å². The normalized spacial score (nSPS) is 9.94. The highest BCUT2D eigenvalue weighted by atomic mass is 19.1. The molecule has 0 aliphatic heterocycles. The van der Waals surface area contributed by atoms with E-state index < -0.39 is 29.0 Å². The molecule has 0 N–H and O–H groups in total. The summed E-state index contributed by atoms with van der Waals surface area (Å²) in [5, 5.41) is 0. The molecule has 1 rings (SSSR count). The van der Waals surface area contributed by atoms with Crippen molar-refractivity contribution in [3.63, 3.8) is 0 Å². The molecule has 0 spiro atoms. The van der Waals surface area contributed by atoms with Gasteiger partial charge in [-0.2, -0.15) is 0 Å². The van der Waals surface area contributed by atoms with Gasteiger partial charge in [0.15, 0.2) is 0 Å². The first-order chi connectivity index (χ1) is 7.56. The van der Waals surface area contributed by atoms with Gasteiger partial charge in [-0.3, -0.25) is 0 Å². The van der Waals surface area contributed by atoms with Crippen LogP contribution in [-0.2, 0) is 4.74 Å². The van der Waals surface area contributed by atoms with E-state index in [-0.39, 0.29) is 6.61 Å². The third kappa shape index (κ3) is 2.85. The molecule has 1 aromatic rings. The van der Waals surface area contributed by atoms with Crippen LogP contribution < -0.4 is 0 Å². The fourth-order valence-electron chi connectivity index (χ4n) is 1.04. The van der Waals surface area contributed by atoms with Crippen molar-refractivity contribution in [2.45, 2.75) is 6.42 Å². The first kappa shape index (κ1) is 12.3. The van der Waals surface area contributed by atoms with Gasteiger partial charge in [0.1, 0.15) is 23.0 Å². The number of hydrogen-bond donors (Lipinski definition) is 0. The van der Waals surface area contributed by atoms with E-state index in [1.165, 1.54) is 6.08 Å². The van der Waals surface area contributed by atoms with Crippen molar-refractivity contribution >= 4 is 5.97 Å². The van der Waals surface area contributed by atoms with Crippen LogP contribution in [0.1, 0.15) is 16.8 Å². The van der Waals surface area contributed by atoms with E-state index in [0.717, 1.165) is 0 Å². The molecule has 0 unspecified atom stereocenters. The summed E-state index contributed by atoms with van der Waals surface area (Å²) in [4.78, 5) is 11.2. The minimum Gasteiger partial charge on any atom is -0.462 e. The van der Waals surface area contributed by atoms with Crippen molar-refractivity contribution in [1.29, 1.82) is 0 Å². The van der Waals surface area contributed by atoms with Gasteiger partial charge in [-0.1, -0.05) is 6.08 Å². The average Bonchev–Trinajstić information content (AvgIpc) is 2.16. The lowest BCUT2D eigenvalue weighted by atomic mass is 10.2. The molecule has 0 atom stereocenters. The van der Waals surface area contributed by atoms with Crippen LogP contribution in [0.25, 0.3) is 0 Å². The number of carbonyl (C=O) groups is 1. The zero-order chi connectivity index (χ0) is 12.1. The maximum Gasteiger partial charge on any atom is 0.344 e. The van der Waals surface area contributed by atoms with Crippen LogP contribution in [0, 0.1) is 17.5 Å². The number of esters is 1. The Bertz CT molecular complexity index is 393. The maximum absolute atomic E-state index is 13.1. The van der Waals surface area contributed by atoms with E-state index in [0.29, 0.717) is 18.6 Å². The first-order valence-electron chi connectivity index (χ1n) is 4.49. The molecule has 86 valence electrons. The number of carbonyl (C=O) groups excluding carboxylic acids is 1. The van der Waals surface area contributed by atoms with Crippen LogP contribution in [0.2, 0.25) is 0 Å². The number of ether oxygens (including phenoxy) is 1. The lowest BCUT2D eigenvalue weighted by Gasteiger charge is -2.05. The summed E-state index contributed by atoms with van der Waals surface area (Å²) in [6.07, 6.45) is 1.86. The molecule has 0 bridgehead atoms. The number of rotatable bonds is 4. The van der Waals surface area contributed by atoms with Crippen LogP contribution in [0.15, 0.2) is 24.8 Å². The summed E-state index contributed by atoms with van der Waals surface area (Å²) in [6, 6.07) is 0.848. The highest BCUT2D eigenvalue weighted by molar-refractivity contribution is 5.90. The quantitative estimate of drug-likeness (QED) is 0.451. The predicted molar refractivity (Wildman–Crippen MR) is 51.4 cm³/mol. The largest absolute Gasteiger partial charge is 0.462 e. The van der Waals surface area contributed by atoms with Crippen LogP contribution in [-0.4, -0.2) is 12.6 Å². The van der Waals surface area contributed by atoms with E-state index >= 15 is 0 Å². The Morgan fingerprint density at radius 2 is 1.88 bits per heavy atom. The van der Waals surface area contributed by atoms with Crippen molar-refractivity contribution in [1.82, 2.24) is 0 Å². The van der Waals surface area contributed by atoms with E-state index in [9.17, 15) is 18.0 Å². The Kier molecular flexibility index (Phi) is 4.10.